The third kappa shape index (κ3) is 2.72. The minimum atomic E-state index is -0.874. The summed E-state index contributed by atoms with van der Waals surface area (Å²) >= 11 is 0. The fourth-order valence-corrected chi connectivity index (χ4v) is 3.95. The number of amides is 3. The Balaban J connectivity index is 1.54. The van der Waals surface area contributed by atoms with E-state index in [4.69, 9.17) is 0 Å². The van der Waals surface area contributed by atoms with E-state index >= 15 is 0 Å². The first kappa shape index (κ1) is 17.4. The van der Waals surface area contributed by atoms with Crippen LogP contribution in [0.3, 0.4) is 0 Å². The lowest BCUT2D eigenvalue weighted by molar-refractivity contribution is -0.146. The van der Waals surface area contributed by atoms with E-state index in [1.165, 1.54) is 0 Å². The Morgan fingerprint density at radius 3 is 2.48 bits per heavy atom. The summed E-state index contributed by atoms with van der Waals surface area (Å²) in [6, 6.07) is 0.924. The zero-order valence-electron chi connectivity index (χ0n) is 15.5. The number of likely N-dealkylation sites (tertiary alicyclic amines) is 1. The second kappa shape index (κ2) is 6.29. The van der Waals surface area contributed by atoms with Crippen LogP contribution < -0.4 is 5.32 Å². The van der Waals surface area contributed by atoms with Gasteiger partial charge in [0.1, 0.15) is 6.04 Å². The van der Waals surface area contributed by atoms with E-state index < -0.39 is 11.9 Å². The molecule has 140 valence electrons. The minimum Gasteiger partial charge on any atom is -0.323 e. The van der Waals surface area contributed by atoms with E-state index in [1.807, 2.05) is 26.1 Å². The van der Waals surface area contributed by atoms with Crippen molar-refractivity contribution in [1.29, 1.82) is 0 Å². The molecule has 0 bridgehead atoms. The van der Waals surface area contributed by atoms with Gasteiger partial charge in [-0.1, -0.05) is 12.2 Å². The van der Waals surface area contributed by atoms with Crippen molar-refractivity contribution in [3.63, 3.8) is 0 Å². The lowest BCUT2D eigenvalue weighted by atomic mass is 9.85. The summed E-state index contributed by atoms with van der Waals surface area (Å²) in [6.07, 6.45) is 6.52. The number of pyridine rings is 1. The van der Waals surface area contributed by atoms with Crippen LogP contribution >= 0.6 is 0 Å². The van der Waals surface area contributed by atoms with E-state index in [9.17, 15) is 14.4 Å². The smallest absolute Gasteiger partial charge is 0.247 e. The van der Waals surface area contributed by atoms with Gasteiger partial charge in [0, 0.05) is 12.4 Å². The van der Waals surface area contributed by atoms with Crippen molar-refractivity contribution in [3.05, 3.63) is 30.1 Å². The molecule has 3 atom stereocenters. The Kier molecular flexibility index (Phi) is 4.05. The van der Waals surface area contributed by atoms with Gasteiger partial charge in [0.2, 0.25) is 17.7 Å². The number of hydrogen-bond acceptors (Lipinski definition) is 5. The van der Waals surface area contributed by atoms with Crippen LogP contribution in [0.1, 0.15) is 25.5 Å². The van der Waals surface area contributed by atoms with Gasteiger partial charge in [0.05, 0.1) is 29.4 Å². The molecular weight excluding hydrogens is 346 g/mol. The third-order valence-electron chi connectivity index (χ3n) is 5.44. The standard InChI is InChI=1S/C19H21N5O3/c1-10-15-8-12(9-20-16(15)23(3)22-10)21-17(25)11(2)24-18(26)13-6-4-5-7-14(13)19(24)27/h4-5,8-9,11,13-14H,6-7H2,1-3H3,(H,21,25). The van der Waals surface area contributed by atoms with Gasteiger partial charge in [-0.2, -0.15) is 5.10 Å². The number of imide groups is 1. The highest BCUT2D eigenvalue weighted by atomic mass is 16.2. The monoisotopic (exact) mass is 367 g/mol. The van der Waals surface area contributed by atoms with Crippen molar-refractivity contribution in [2.45, 2.75) is 32.7 Å². The first-order valence-electron chi connectivity index (χ1n) is 9.00. The Labute approximate surface area is 156 Å². The lowest BCUT2D eigenvalue weighted by Crippen LogP contribution is -2.46. The average molecular weight is 367 g/mol. The number of allylic oxidation sites excluding steroid dienone is 2. The molecule has 2 aromatic rings. The molecule has 1 aliphatic carbocycles. The molecule has 8 nitrogen and oxygen atoms in total. The number of hydrogen-bond donors (Lipinski definition) is 1. The summed E-state index contributed by atoms with van der Waals surface area (Å²) in [5.74, 6) is -1.60. The minimum absolute atomic E-state index is 0.256. The van der Waals surface area contributed by atoms with Crippen LogP contribution in [0.4, 0.5) is 5.69 Å². The molecule has 2 aliphatic rings. The first-order chi connectivity index (χ1) is 12.9. The Morgan fingerprint density at radius 2 is 1.85 bits per heavy atom. The molecule has 3 amide bonds. The molecule has 0 radical (unpaired) electrons. The van der Waals surface area contributed by atoms with Gasteiger partial charge in [-0.05, 0) is 32.8 Å². The highest BCUT2D eigenvalue weighted by Crippen LogP contribution is 2.36. The highest BCUT2D eigenvalue weighted by molar-refractivity contribution is 6.10. The lowest BCUT2D eigenvalue weighted by Gasteiger charge is -2.22. The van der Waals surface area contributed by atoms with Gasteiger partial charge in [-0.15, -0.1) is 0 Å². The molecule has 1 aliphatic heterocycles. The third-order valence-corrected chi connectivity index (χ3v) is 5.44. The van der Waals surface area contributed by atoms with Gasteiger partial charge < -0.3 is 5.32 Å². The highest BCUT2D eigenvalue weighted by Gasteiger charge is 2.50. The molecule has 0 spiro atoms. The maximum absolute atomic E-state index is 12.7. The maximum atomic E-state index is 12.7. The summed E-state index contributed by atoms with van der Waals surface area (Å²) in [5, 5.41) is 7.92. The van der Waals surface area contributed by atoms with Gasteiger partial charge in [-0.3, -0.25) is 24.0 Å². The summed E-state index contributed by atoms with van der Waals surface area (Å²) in [6.45, 7) is 3.45. The maximum Gasteiger partial charge on any atom is 0.247 e. The predicted molar refractivity (Wildman–Crippen MR) is 98.5 cm³/mol. The zero-order chi connectivity index (χ0) is 19.3. The van der Waals surface area contributed by atoms with Crippen LogP contribution in [0.15, 0.2) is 24.4 Å². The molecule has 0 saturated carbocycles. The van der Waals surface area contributed by atoms with Crippen molar-refractivity contribution in [3.8, 4) is 0 Å². The molecule has 3 unspecified atom stereocenters. The van der Waals surface area contributed by atoms with E-state index in [2.05, 4.69) is 15.4 Å². The Morgan fingerprint density at radius 1 is 1.22 bits per heavy atom. The van der Waals surface area contributed by atoms with Crippen molar-refractivity contribution in [2.24, 2.45) is 18.9 Å². The molecule has 1 fully saturated rings. The van der Waals surface area contributed by atoms with Crippen molar-refractivity contribution in [2.75, 3.05) is 5.32 Å². The van der Waals surface area contributed by atoms with E-state index in [-0.39, 0.29) is 23.7 Å². The average Bonchev–Trinajstić information content (AvgIpc) is 3.08. The van der Waals surface area contributed by atoms with Crippen LogP contribution in [0.2, 0.25) is 0 Å². The van der Waals surface area contributed by atoms with Crippen LogP contribution in [0.5, 0.6) is 0 Å². The normalized spacial score (nSPS) is 23.0. The predicted octanol–water partition coefficient (Wildman–Crippen LogP) is 1.55. The summed E-state index contributed by atoms with van der Waals surface area (Å²) in [7, 11) is 1.81. The number of rotatable bonds is 3. The number of carbonyl (C=O) groups is 3. The summed E-state index contributed by atoms with van der Waals surface area (Å²) in [5.41, 5.74) is 2.04. The van der Waals surface area contributed by atoms with E-state index in [1.54, 1.807) is 23.9 Å². The van der Waals surface area contributed by atoms with Crippen LogP contribution in [-0.2, 0) is 21.4 Å². The second-order valence-electron chi connectivity index (χ2n) is 7.17. The number of aryl methyl sites for hydroxylation is 2. The number of carbonyl (C=O) groups excluding carboxylic acids is 3. The number of anilines is 1. The number of aromatic nitrogens is 3. The fourth-order valence-electron chi connectivity index (χ4n) is 3.95. The van der Waals surface area contributed by atoms with Crippen LogP contribution in [0.25, 0.3) is 11.0 Å². The quantitative estimate of drug-likeness (QED) is 0.656. The molecule has 1 saturated heterocycles. The second-order valence-corrected chi connectivity index (χ2v) is 7.17. The van der Waals surface area contributed by atoms with E-state index in [0.29, 0.717) is 18.5 Å². The van der Waals surface area contributed by atoms with Crippen molar-refractivity contribution >= 4 is 34.4 Å². The molecule has 4 rings (SSSR count). The topological polar surface area (TPSA) is 97.2 Å². The largest absolute Gasteiger partial charge is 0.323 e. The fraction of sp³-hybridized carbons (Fsp3) is 0.421. The van der Waals surface area contributed by atoms with Gasteiger partial charge in [0.25, 0.3) is 0 Å². The first-order valence-corrected chi connectivity index (χ1v) is 9.00. The van der Waals surface area contributed by atoms with Gasteiger partial charge in [0.15, 0.2) is 5.65 Å². The number of fused-ring (bicyclic) bond motifs is 2. The Bertz CT molecular complexity index is 967. The summed E-state index contributed by atoms with van der Waals surface area (Å²) in [4.78, 5) is 43.4. The van der Waals surface area contributed by atoms with Crippen LogP contribution in [0, 0.1) is 18.8 Å². The molecule has 27 heavy (non-hydrogen) atoms. The molecule has 3 heterocycles. The number of nitrogens with zero attached hydrogens (tertiary/aromatic N) is 4. The van der Waals surface area contributed by atoms with Crippen molar-refractivity contribution in [1.82, 2.24) is 19.7 Å². The van der Waals surface area contributed by atoms with Crippen LogP contribution in [-0.4, -0.2) is 43.4 Å². The molecule has 1 N–H and O–H groups in total. The van der Waals surface area contributed by atoms with Crippen molar-refractivity contribution < 1.29 is 14.4 Å². The van der Waals surface area contributed by atoms with Gasteiger partial charge >= 0.3 is 0 Å². The SMILES string of the molecule is Cc1nn(C)c2ncc(NC(=O)C(C)N3C(=O)C4CC=CCC4C3=O)cc12. The molecule has 2 aromatic heterocycles. The molecular formula is C19H21N5O3. The van der Waals surface area contributed by atoms with Gasteiger partial charge in [-0.25, -0.2) is 4.98 Å². The number of nitrogens with one attached hydrogen (secondary N) is 1. The van der Waals surface area contributed by atoms with E-state index in [0.717, 1.165) is 21.6 Å². The zero-order valence-corrected chi connectivity index (χ0v) is 15.5. The molecule has 0 aromatic carbocycles. The molecule has 8 heteroatoms. The Hall–Kier alpha value is -3.03. The summed E-state index contributed by atoms with van der Waals surface area (Å²) < 4.78 is 1.68.